The summed E-state index contributed by atoms with van der Waals surface area (Å²) in [5.41, 5.74) is 0. The molecular weight excluding hydrogens is 138 g/mol. The predicted molar refractivity (Wildman–Crippen MR) is 32.1 cm³/mol. The Morgan fingerprint density at radius 2 is 2.50 bits per heavy atom. The van der Waals surface area contributed by atoms with Crippen molar-refractivity contribution in [3.63, 3.8) is 0 Å². The third-order valence-corrected chi connectivity index (χ3v) is 0.802. The van der Waals surface area contributed by atoms with Crippen LogP contribution >= 0.6 is 0 Å². The Bertz CT molecular complexity index is 125. The van der Waals surface area contributed by atoms with Crippen molar-refractivity contribution in [2.75, 3.05) is 13.7 Å². The van der Waals surface area contributed by atoms with E-state index in [1.165, 1.54) is 6.29 Å². The Hall–Kier alpha value is -1.10. The van der Waals surface area contributed by atoms with Crippen LogP contribution in [0.1, 0.15) is 0 Å². The van der Waals surface area contributed by atoms with E-state index in [2.05, 4.69) is 4.74 Å². The van der Waals surface area contributed by atoms with Gasteiger partial charge in [-0.25, -0.2) is 4.79 Å². The van der Waals surface area contributed by atoms with Crippen LogP contribution in [0, 0.1) is 0 Å². The summed E-state index contributed by atoms with van der Waals surface area (Å²) in [4.78, 5) is 20.1. The number of hydrogen-bond donors (Lipinski definition) is 2. The van der Waals surface area contributed by atoms with Crippen LogP contribution in [-0.4, -0.2) is 37.2 Å². The highest BCUT2D eigenvalue weighted by atomic mass is 16.5. The minimum Gasteiger partial charge on any atom is -0.453 e. The van der Waals surface area contributed by atoms with Gasteiger partial charge in [0.25, 0.3) is 0 Å². The van der Waals surface area contributed by atoms with Crippen molar-refractivity contribution in [1.29, 1.82) is 0 Å². The average molecular weight is 146 g/mol. The summed E-state index contributed by atoms with van der Waals surface area (Å²) in [6, 6.07) is -0.993. The van der Waals surface area contributed by atoms with Crippen LogP contribution in [0.4, 0.5) is 4.79 Å². The topological polar surface area (TPSA) is 75.6 Å². The third-order valence-electron chi connectivity index (χ3n) is 0.802. The lowest BCUT2D eigenvalue weighted by molar-refractivity contribution is 0.163. The van der Waals surface area contributed by atoms with E-state index in [9.17, 15) is 9.59 Å². The Morgan fingerprint density at radius 3 is 2.80 bits per heavy atom. The van der Waals surface area contributed by atoms with Gasteiger partial charge in [-0.2, -0.15) is 0 Å². The summed E-state index contributed by atoms with van der Waals surface area (Å²) in [5.74, 6) is 0. The number of amides is 1. The monoisotopic (exact) mass is 146 g/mol. The minimum atomic E-state index is -0.993. The minimum absolute atomic E-state index is 0.474. The molecule has 2 N–H and O–H groups in total. The molecule has 0 aliphatic carbocycles. The molecule has 57 valence electrons. The lowest BCUT2D eigenvalue weighted by Gasteiger charge is -2.05. The van der Waals surface area contributed by atoms with Gasteiger partial charge < -0.3 is 15.2 Å². The molecule has 5 nitrogen and oxygen atoms in total. The number of carbonyl (C=O) groups excluding carboxylic acids is 2. The fourth-order valence-electron chi connectivity index (χ4n) is 0.314. The van der Waals surface area contributed by atoms with Gasteiger partial charge in [-0.15, -0.1) is 0 Å². The smallest absolute Gasteiger partial charge is 0.407 e. The van der Waals surface area contributed by atoms with Crippen LogP contribution in [0.2, 0.25) is 0 Å². The third kappa shape index (κ3) is 3.03. The first-order valence-electron chi connectivity index (χ1n) is 2.57. The maximum Gasteiger partial charge on any atom is 0.407 e. The molecule has 10 heavy (non-hydrogen) atoms. The summed E-state index contributed by atoms with van der Waals surface area (Å²) in [6.45, 7) is -0.474. The second-order valence-electron chi connectivity index (χ2n) is 1.49. The maximum atomic E-state index is 10.3. The molecule has 0 spiro atoms. The number of alkyl carbamates (subject to hydrolysis) is 1. The van der Waals surface area contributed by atoms with Crippen molar-refractivity contribution >= 4 is 12.4 Å². The number of hydrogen-bond acceptors (Lipinski definition) is 4. The molecule has 0 aliphatic heterocycles. The molecule has 5 heteroatoms. The summed E-state index contributed by atoms with van der Waals surface area (Å²) in [5, 5.41) is 10.4. The van der Waals surface area contributed by atoms with Gasteiger partial charge in [0.15, 0.2) is 0 Å². The molecule has 0 saturated carbocycles. The van der Waals surface area contributed by atoms with Gasteiger partial charge in [0.2, 0.25) is 6.29 Å². The molecule has 0 bridgehead atoms. The molecule has 0 heterocycles. The highest BCUT2D eigenvalue weighted by Gasteiger charge is 2.09. The quantitative estimate of drug-likeness (QED) is 0.525. The van der Waals surface area contributed by atoms with Crippen molar-refractivity contribution in [2.24, 2.45) is 0 Å². The molecule has 1 amide bonds. The molecule has 1 atom stereocenters. The molecule has 0 aromatic rings. The van der Waals surface area contributed by atoms with Crippen LogP contribution in [0.25, 0.3) is 0 Å². The molecule has 0 saturated heterocycles. The molecule has 1 radical (unpaired) electrons. The molecular formula is C5H8NO4. The number of aliphatic hydroxyl groups excluding tert-OH is 1. The van der Waals surface area contributed by atoms with E-state index in [1.807, 2.05) is 5.32 Å². The van der Waals surface area contributed by atoms with E-state index >= 15 is 0 Å². The van der Waals surface area contributed by atoms with Crippen molar-refractivity contribution < 1.29 is 19.4 Å². The summed E-state index contributed by atoms with van der Waals surface area (Å²) in [7, 11) is 1.16. The normalized spacial score (nSPS) is 11.8. The van der Waals surface area contributed by atoms with Gasteiger partial charge in [-0.05, 0) is 0 Å². The standard InChI is InChI=1S/C5H8NO4/c1-10-5(9)6-4(2-7)3-8/h4,7H,2H2,1H3,(H,6,9). The summed E-state index contributed by atoms with van der Waals surface area (Å²) >= 11 is 0. The molecule has 0 rings (SSSR count). The Labute approximate surface area is 58.0 Å². The fourth-order valence-corrected chi connectivity index (χ4v) is 0.314. The Morgan fingerprint density at radius 1 is 1.90 bits per heavy atom. The molecule has 0 aliphatic rings. The molecule has 0 fully saturated rings. The number of aliphatic hydroxyl groups is 1. The number of nitrogens with one attached hydrogen (secondary N) is 1. The Balaban J connectivity index is 3.62. The summed E-state index contributed by atoms with van der Waals surface area (Å²) in [6.07, 6.45) is 0.643. The average Bonchev–Trinajstić information content (AvgIpc) is 1.99. The second kappa shape index (κ2) is 4.75. The van der Waals surface area contributed by atoms with Gasteiger partial charge in [-0.1, -0.05) is 0 Å². The highest BCUT2D eigenvalue weighted by Crippen LogP contribution is 1.77. The van der Waals surface area contributed by atoms with Crippen molar-refractivity contribution in [1.82, 2.24) is 5.32 Å². The lowest BCUT2D eigenvalue weighted by Crippen LogP contribution is -2.38. The van der Waals surface area contributed by atoms with Gasteiger partial charge in [0.1, 0.15) is 6.04 Å². The van der Waals surface area contributed by atoms with E-state index in [1.54, 1.807) is 0 Å². The molecule has 0 aromatic carbocycles. The first-order valence-corrected chi connectivity index (χ1v) is 2.57. The lowest BCUT2D eigenvalue weighted by atomic mass is 10.4. The fraction of sp³-hybridized carbons (Fsp3) is 0.600. The largest absolute Gasteiger partial charge is 0.453 e. The zero-order chi connectivity index (χ0) is 7.98. The van der Waals surface area contributed by atoms with Crippen LogP contribution in [0.3, 0.4) is 0 Å². The van der Waals surface area contributed by atoms with Gasteiger partial charge in [0.05, 0.1) is 13.7 Å². The number of carbonyl (C=O) groups is 1. The van der Waals surface area contributed by atoms with Crippen molar-refractivity contribution in [3.8, 4) is 0 Å². The van der Waals surface area contributed by atoms with E-state index in [0.717, 1.165) is 7.11 Å². The highest BCUT2D eigenvalue weighted by molar-refractivity contribution is 5.73. The van der Waals surface area contributed by atoms with E-state index in [0.29, 0.717) is 0 Å². The molecule has 1 unspecified atom stereocenters. The molecule has 0 aromatic heterocycles. The zero-order valence-corrected chi connectivity index (χ0v) is 5.46. The van der Waals surface area contributed by atoms with E-state index < -0.39 is 18.7 Å². The summed E-state index contributed by atoms with van der Waals surface area (Å²) < 4.78 is 4.14. The van der Waals surface area contributed by atoms with Crippen LogP contribution in [0.15, 0.2) is 0 Å². The van der Waals surface area contributed by atoms with Crippen molar-refractivity contribution in [3.05, 3.63) is 0 Å². The zero-order valence-electron chi connectivity index (χ0n) is 5.46. The second-order valence-corrected chi connectivity index (χ2v) is 1.49. The van der Waals surface area contributed by atoms with Crippen LogP contribution in [0.5, 0.6) is 0 Å². The maximum absolute atomic E-state index is 10.3. The van der Waals surface area contributed by atoms with Crippen LogP contribution in [-0.2, 0) is 9.53 Å². The predicted octanol–water partition coefficient (Wildman–Crippen LogP) is -1.19. The van der Waals surface area contributed by atoms with Crippen LogP contribution < -0.4 is 5.32 Å². The van der Waals surface area contributed by atoms with E-state index in [-0.39, 0.29) is 0 Å². The van der Waals surface area contributed by atoms with E-state index in [4.69, 9.17) is 5.11 Å². The Kier molecular flexibility index (Phi) is 4.23. The number of ether oxygens (including phenoxy) is 1. The number of methoxy groups -OCH3 is 1. The van der Waals surface area contributed by atoms with Gasteiger partial charge in [-0.3, -0.25) is 4.79 Å². The van der Waals surface area contributed by atoms with Crippen molar-refractivity contribution in [2.45, 2.75) is 6.04 Å². The number of rotatable bonds is 3. The SMILES string of the molecule is COC(=O)NC([C]=O)CO. The first-order chi connectivity index (χ1) is 4.74. The van der Waals surface area contributed by atoms with Gasteiger partial charge >= 0.3 is 6.09 Å². The first kappa shape index (κ1) is 8.90. The van der Waals surface area contributed by atoms with Gasteiger partial charge in [0, 0.05) is 0 Å².